The normalized spacial score (nSPS) is 16.6. The molecule has 1 N–H and O–H groups in total. The lowest BCUT2D eigenvalue weighted by Crippen LogP contribution is -2.46. The number of para-hydroxylation sites is 1. The maximum absolute atomic E-state index is 12.5. The number of likely N-dealkylation sites (tertiary alicyclic amines) is 1. The molecule has 1 fully saturated rings. The van der Waals surface area contributed by atoms with Crippen molar-refractivity contribution in [1.29, 1.82) is 0 Å². The predicted molar refractivity (Wildman–Crippen MR) is 103 cm³/mol. The molecule has 1 aromatic carbocycles. The van der Waals surface area contributed by atoms with Crippen molar-refractivity contribution in [3.8, 4) is 5.75 Å². The number of amides is 1. The summed E-state index contributed by atoms with van der Waals surface area (Å²) in [4.78, 5) is 14.9. The van der Waals surface area contributed by atoms with E-state index in [0.29, 0.717) is 12.3 Å². The Morgan fingerprint density at radius 1 is 1.37 bits per heavy atom. The Morgan fingerprint density at radius 3 is 2.81 bits per heavy atom. The minimum atomic E-state index is -0.408. The molecule has 0 aliphatic carbocycles. The fourth-order valence-electron chi connectivity index (χ4n) is 3.13. The average molecular weight is 369 g/mol. The Kier molecular flexibility index (Phi) is 6.59. The summed E-state index contributed by atoms with van der Waals surface area (Å²) < 4.78 is 7.26. The molecule has 0 bridgehead atoms. The highest BCUT2D eigenvalue weighted by Crippen LogP contribution is 2.14. The van der Waals surface area contributed by atoms with Crippen LogP contribution in [0.2, 0.25) is 0 Å². The van der Waals surface area contributed by atoms with Crippen LogP contribution in [0.3, 0.4) is 0 Å². The van der Waals surface area contributed by atoms with E-state index in [9.17, 15) is 4.79 Å². The van der Waals surface area contributed by atoms with Gasteiger partial charge in [-0.05, 0) is 31.9 Å². The number of nitrogens with one attached hydrogen (secondary N) is 1. The number of aromatic nitrogens is 3. The van der Waals surface area contributed by atoms with Crippen LogP contribution < -0.4 is 10.1 Å². The van der Waals surface area contributed by atoms with E-state index in [4.69, 9.17) is 4.74 Å². The Bertz CT molecular complexity index is 738. The largest absolute Gasteiger partial charge is 0.487 e. The molecule has 2 heterocycles. The second kappa shape index (κ2) is 9.32. The molecule has 1 aromatic heterocycles. The first-order valence-corrected chi connectivity index (χ1v) is 9.38. The van der Waals surface area contributed by atoms with Crippen LogP contribution in [-0.2, 0) is 11.4 Å². The van der Waals surface area contributed by atoms with Gasteiger partial charge in [-0.25, -0.2) is 4.68 Å². The molecular formula is C20H27N5O2. The van der Waals surface area contributed by atoms with Crippen molar-refractivity contribution in [2.24, 2.45) is 0 Å². The van der Waals surface area contributed by atoms with E-state index in [1.807, 2.05) is 43.3 Å². The molecule has 144 valence electrons. The van der Waals surface area contributed by atoms with Crippen molar-refractivity contribution in [2.75, 3.05) is 19.6 Å². The minimum absolute atomic E-state index is 0.0300. The van der Waals surface area contributed by atoms with Crippen molar-refractivity contribution in [3.05, 3.63) is 54.9 Å². The van der Waals surface area contributed by atoms with Gasteiger partial charge >= 0.3 is 0 Å². The van der Waals surface area contributed by atoms with E-state index in [0.717, 1.165) is 38.2 Å². The van der Waals surface area contributed by atoms with E-state index in [2.05, 4.69) is 27.1 Å². The number of hydrogen-bond donors (Lipinski definition) is 1. The summed E-state index contributed by atoms with van der Waals surface area (Å²) in [6.07, 6.45) is 5.60. The molecule has 7 heteroatoms. The van der Waals surface area contributed by atoms with E-state index in [1.54, 1.807) is 10.9 Å². The van der Waals surface area contributed by atoms with Gasteiger partial charge in [0.2, 0.25) is 5.91 Å². The van der Waals surface area contributed by atoms with Crippen LogP contribution in [0.4, 0.5) is 0 Å². The number of rotatable bonds is 8. The van der Waals surface area contributed by atoms with Gasteiger partial charge in [-0.1, -0.05) is 29.5 Å². The summed E-state index contributed by atoms with van der Waals surface area (Å²) in [6.45, 7) is 8.80. The van der Waals surface area contributed by atoms with Gasteiger partial charge < -0.3 is 10.1 Å². The zero-order valence-corrected chi connectivity index (χ0v) is 15.8. The highest BCUT2D eigenvalue weighted by Gasteiger charge is 2.23. The van der Waals surface area contributed by atoms with Gasteiger partial charge in [0.05, 0.1) is 6.20 Å². The number of ether oxygens (including phenoxy) is 1. The number of benzene rings is 1. The van der Waals surface area contributed by atoms with Crippen LogP contribution in [0.15, 0.2) is 49.2 Å². The number of carbonyl (C=O) groups excluding carboxylic acids is 1. The minimum Gasteiger partial charge on any atom is -0.487 e. The third kappa shape index (κ3) is 5.40. The predicted octanol–water partition coefficient (Wildman–Crippen LogP) is 2.18. The highest BCUT2D eigenvalue weighted by atomic mass is 16.5. The summed E-state index contributed by atoms with van der Waals surface area (Å²) in [5.41, 5.74) is 0.691. The third-order valence-electron chi connectivity index (χ3n) is 4.79. The summed E-state index contributed by atoms with van der Waals surface area (Å²) >= 11 is 0. The van der Waals surface area contributed by atoms with Gasteiger partial charge in [0.1, 0.15) is 24.1 Å². The van der Waals surface area contributed by atoms with E-state index in [1.165, 1.54) is 0 Å². The Balaban J connectivity index is 1.47. The second-order valence-electron chi connectivity index (χ2n) is 6.84. The standard InChI is InChI=1S/C20H27N5O2/c1-3-11-24-12-9-17(10-13-24)21-20(26)16(2)25-14-18(22-23-25)15-27-19-7-5-4-6-8-19/h3-8,14,16-17H,1,9-13,15H2,2H3,(H,21,26). The molecule has 1 unspecified atom stereocenters. The average Bonchev–Trinajstić information content (AvgIpc) is 3.17. The lowest BCUT2D eigenvalue weighted by molar-refractivity contribution is -0.125. The molecule has 1 amide bonds. The summed E-state index contributed by atoms with van der Waals surface area (Å²) in [5.74, 6) is 0.748. The molecular weight excluding hydrogens is 342 g/mol. The van der Waals surface area contributed by atoms with Crippen molar-refractivity contribution >= 4 is 5.91 Å². The Labute approximate surface area is 160 Å². The SMILES string of the molecule is C=CCN1CCC(NC(=O)C(C)n2cc(COc3ccccc3)nn2)CC1. The maximum Gasteiger partial charge on any atom is 0.244 e. The van der Waals surface area contributed by atoms with Crippen molar-refractivity contribution in [2.45, 2.75) is 38.5 Å². The summed E-state index contributed by atoms with van der Waals surface area (Å²) in [7, 11) is 0. The molecule has 0 spiro atoms. The Morgan fingerprint density at radius 2 is 2.11 bits per heavy atom. The smallest absolute Gasteiger partial charge is 0.244 e. The van der Waals surface area contributed by atoms with Gasteiger partial charge in [0.25, 0.3) is 0 Å². The van der Waals surface area contributed by atoms with E-state index >= 15 is 0 Å². The molecule has 7 nitrogen and oxygen atoms in total. The van der Waals surface area contributed by atoms with Gasteiger partial charge in [0.15, 0.2) is 0 Å². The Hall–Kier alpha value is -2.67. The molecule has 1 atom stereocenters. The van der Waals surface area contributed by atoms with Crippen LogP contribution >= 0.6 is 0 Å². The van der Waals surface area contributed by atoms with Crippen LogP contribution in [-0.4, -0.2) is 51.5 Å². The molecule has 27 heavy (non-hydrogen) atoms. The van der Waals surface area contributed by atoms with Crippen LogP contribution in [0, 0.1) is 0 Å². The number of hydrogen-bond acceptors (Lipinski definition) is 5. The molecule has 3 rings (SSSR count). The first kappa shape index (κ1) is 19.1. The quantitative estimate of drug-likeness (QED) is 0.722. The van der Waals surface area contributed by atoms with Gasteiger partial charge in [-0.2, -0.15) is 0 Å². The molecule has 1 aliphatic rings. The lowest BCUT2D eigenvalue weighted by Gasteiger charge is -2.32. The zero-order chi connectivity index (χ0) is 19.1. The first-order valence-electron chi connectivity index (χ1n) is 9.38. The van der Waals surface area contributed by atoms with Gasteiger partial charge in [-0.3, -0.25) is 9.69 Å². The van der Waals surface area contributed by atoms with Crippen molar-refractivity contribution in [3.63, 3.8) is 0 Å². The highest BCUT2D eigenvalue weighted by molar-refractivity contribution is 5.80. The molecule has 0 radical (unpaired) electrons. The molecule has 1 aliphatic heterocycles. The van der Waals surface area contributed by atoms with Crippen LogP contribution in [0.1, 0.15) is 31.5 Å². The van der Waals surface area contributed by atoms with Crippen LogP contribution in [0.25, 0.3) is 0 Å². The molecule has 0 saturated carbocycles. The number of carbonyl (C=O) groups is 1. The monoisotopic (exact) mass is 369 g/mol. The number of nitrogens with zero attached hydrogens (tertiary/aromatic N) is 4. The lowest BCUT2D eigenvalue weighted by atomic mass is 10.0. The molecule has 2 aromatic rings. The van der Waals surface area contributed by atoms with Crippen LogP contribution in [0.5, 0.6) is 5.75 Å². The second-order valence-corrected chi connectivity index (χ2v) is 6.84. The van der Waals surface area contributed by atoms with Crippen molar-refractivity contribution in [1.82, 2.24) is 25.2 Å². The fraction of sp³-hybridized carbons (Fsp3) is 0.450. The first-order chi connectivity index (χ1) is 13.2. The topological polar surface area (TPSA) is 72.3 Å². The number of piperidine rings is 1. The van der Waals surface area contributed by atoms with Gasteiger partial charge in [0, 0.05) is 25.7 Å². The third-order valence-corrected chi connectivity index (χ3v) is 4.79. The van der Waals surface area contributed by atoms with E-state index in [-0.39, 0.29) is 11.9 Å². The van der Waals surface area contributed by atoms with Crippen molar-refractivity contribution < 1.29 is 9.53 Å². The fourth-order valence-corrected chi connectivity index (χ4v) is 3.13. The molecule has 1 saturated heterocycles. The van der Waals surface area contributed by atoms with E-state index < -0.39 is 6.04 Å². The van der Waals surface area contributed by atoms with Gasteiger partial charge in [-0.15, -0.1) is 11.7 Å². The zero-order valence-electron chi connectivity index (χ0n) is 15.8. The maximum atomic E-state index is 12.5. The summed E-state index contributed by atoms with van der Waals surface area (Å²) in [5, 5.41) is 11.3. The summed E-state index contributed by atoms with van der Waals surface area (Å²) in [6, 6.07) is 9.36.